The number of pyridine rings is 1. The van der Waals surface area contributed by atoms with Gasteiger partial charge in [-0.25, -0.2) is 8.42 Å². The molecule has 0 saturated carbocycles. The van der Waals surface area contributed by atoms with Crippen molar-refractivity contribution >= 4 is 43.1 Å². The van der Waals surface area contributed by atoms with E-state index in [4.69, 9.17) is 11.6 Å². The van der Waals surface area contributed by atoms with Crippen LogP contribution in [0.2, 0.25) is 5.02 Å². The summed E-state index contributed by atoms with van der Waals surface area (Å²) in [4.78, 5) is 4.87. The fraction of sp³-hybridized carbons (Fsp3) is 0.0500. The van der Waals surface area contributed by atoms with Gasteiger partial charge in [-0.05, 0) is 35.7 Å². The number of aromatic nitrogens is 1. The van der Waals surface area contributed by atoms with Crippen molar-refractivity contribution in [1.29, 1.82) is 0 Å². The molecule has 3 aromatic carbocycles. The lowest BCUT2D eigenvalue weighted by atomic mass is 10.0. The van der Waals surface area contributed by atoms with Gasteiger partial charge in [0, 0.05) is 15.8 Å². The molecular weight excluding hydrogens is 354 g/mol. The maximum atomic E-state index is 12.8. The van der Waals surface area contributed by atoms with E-state index in [0.29, 0.717) is 10.7 Å². The molecular formula is C20H14ClNO2S. The Balaban J connectivity index is 1.89. The zero-order valence-electron chi connectivity index (χ0n) is 13.2. The number of para-hydroxylation sites is 1. The predicted octanol–water partition coefficient (Wildman–Crippen LogP) is 5.02. The summed E-state index contributed by atoms with van der Waals surface area (Å²) in [6.45, 7) is 0. The average molecular weight is 368 g/mol. The summed E-state index contributed by atoms with van der Waals surface area (Å²) in [6.07, 6.45) is 0. The lowest BCUT2D eigenvalue weighted by molar-refractivity contribution is 0.595. The van der Waals surface area contributed by atoms with Crippen molar-refractivity contribution in [3.05, 3.63) is 83.5 Å². The molecule has 1 aromatic heterocycles. The molecule has 0 spiro atoms. The Morgan fingerprint density at radius 1 is 0.760 bits per heavy atom. The van der Waals surface area contributed by atoms with E-state index in [1.54, 1.807) is 12.1 Å². The quantitative estimate of drug-likeness (QED) is 0.478. The first kappa shape index (κ1) is 16.1. The first-order valence-electron chi connectivity index (χ1n) is 7.79. The second-order valence-electron chi connectivity index (χ2n) is 5.83. The molecule has 0 radical (unpaired) electrons. The van der Waals surface area contributed by atoms with E-state index in [0.717, 1.165) is 21.7 Å². The third kappa shape index (κ3) is 2.99. The van der Waals surface area contributed by atoms with Gasteiger partial charge in [0.2, 0.25) is 0 Å². The third-order valence-corrected chi connectivity index (χ3v) is 6.08. The van der Waals surface area contributed by atoms with E-state index < -0.39 is 9.84 Å². The standard InChI is InChI=1S/C20H14ClNO2S/c21-14-9-11-15(12-10-14)25(23,24)13-20-18-7-2-1-5-16(18)17-6-3-4-8-19(17)22-20/h1-12H,13H2. The van der Waals surface area contributed by atoms with Gasteiger partial charge in [-0.3, -0.25) is 4.98 Å². The Hall–Kier alpha value is -2.43. The highest BCUT2D eigenvalue weighted by atomic mass is 35.5. The summed E-state index contributed by atoms with van der Waals surface area (Å²) in [5.41, 5.74) is 1.35. The van der Waals surface area contributed by atoms with Crippen molar-refractivity contribution < 1.29 is 8.42 Å². The van der Waals surface area contributed by atoms with Crippen molar-refractivity contribution in [3.8, 4) is 0 Å². The van der Waals surface area contributed by atoms with E-state index in [2.05, 4.69) is 4.98 Å². The molecule has 0 N–H and O–H groups in total. The highest BCUT2D eigenvalue weighted by molar-refractivity contribution is 7.90. The molecule has 0 atom stereocenters. The van der Waals surface area contributed by atoms with Crippen LogP contribution >= 0.6 is 11.6 Å². The van der Waals surface area contributed by atoms with Crippen LogP contribution in [-0.2, 0) is 15.6 Å². The molecule has 0 aliphatic carbocycles. The minimum absolute atomic E-state index is 0.153. The van der Waals surface area contributed by atoms with Crippen LogP contribution in [0.15, 0.2) is 77.7 Å². The van der Waals surface area contributed by atoms with Gasteiger partial charge in [0.05, 0.1) is 21.9 Å². The molecule has 0 bridgehead atoms. The summed E-state index contributed by atoms with van der Waals surface area (Å²) < 4.78 is 25.6. The monoisotopic (exact) mass is 367 g/mol. The average Bonchev–Trinajstić information content (AvgIpc) is 2.62. The second kappa shape index (κ2) is 6.14. The van der Waals surface area contributed by atoms with Crippen LogP contribution in [0.3, 0.4) is 0 Å². The summed E-state index contributed by atoms with van der Waals surface area (Å²) in [5, 5.41) is 3.40. The molecule has 0 saturated heterocycles. The van der Waals surface area contributed by atoms with Crippen molar-refractivity contribution in [2.24, 2.45) is 0 Å². The highest BCUT2D eigenvalue weighted by Gasteiger charge is 2.19. The molecule has 3 nitrogen and oxygen atoms in total. The lowest BCUT2D eigenvalue weighted by Crippen LogP contribution is -2.07. The Labute approximate surface area is 150 Å². The van der Waals surface area contributed by atoms with E-state index >= 15 is 0 Å². The summed E-state index contributed by atoms with van der Waals surface area (Å²) >= 11 is 5.86. The largest absolute Gasteiger partial charge is 0.251 e. The first-order chi connectivity index (χ1) is 12.0. The maximum absolute atomic E-state index is 12.8. The highest BCUT2D eigenvalue weighted by Crippen LogP contribution is 2.28. The van der Waals surface area contributed by atoms with Crippen LogP contribution in [0, 0.1) is 0 Å². The molecule has 25 heavy (non-hydrogen) atoms. The fourth-order valence-electron chi connectivity index (χ4n) is 2.99. The summed E-state index contributed by atoms with van der Waals surface area (Å²) in [5.74, 6) is -0.153. The molecule has 0 unspecified atom stereocenters. The molecule has 0 aliphatic rings. The SMILES string of the molecule is O=S(=O)(Cc1nc2ccccc2c2ccccc12)c1ccc(Cl)cc1. The topological polar surface area (TPSA) is 47.0 Å². The van der Waals surface area contributed by atoms with Gasteiger partial charge in [-0.15, -0.1) is 0 Å². The van der Waals surface area contributed by atoms with E-state index in [1.807, 2.05) is 48.5 Å². The van der Waals surface area contributed by atoms with Crippen molar-refractivity contribution in [2.75, 3.05) is 0 Å². The van der Waals surface area contributed by atoms with Crippen LogP contribution in [0.4, 0.5) is 0 Å². The zero-order valence-corrected chi connectivity index (χ0v) is 14.8. The Kier molecular flexibility index (Phi) is 3.94. The van der Waals surface area contributed by atoms with E-state index in [-0.39, 0.29) is 10.6 Å². The molecule has 1 heterocycles. The summed E-state index contributed by atoms with van der Waals surface area (Å²) in [7, 11) is -3.51. The van der Waals surface area contributed by atoms with E-state index in [9.17, 15) is 8.42 Å². The van der Waals surface area contributed by atoms with Gasteiger partial charge in [0.25, 0.3) is 0 Å². The minimum atomic E-state index is -3.51. The van der Waals surface area contributed by atoms with Crippen molar-refractivity contribution in [1.82, 2.24) is 4.98 Å². The molecule has 0 fully saturated rings. The number of halogens is 1. The van der Waals surface area contributed by atoms with Gasteiger partial charge in [0.15, 0.2) is 9.84 Å². The first-order valence-corrected chi connectivity index (χ1v) is 9.82. The van der Waals surface area contributed by atoms with Crippen molar-refractivity contribution in [2.45, 2.75) is 10.6 Å². The molecule has 5 heteroatoms. The van der Waals surface area contributed by atoms with Crippen LogP contribution in [0.5, 0.6) is 0 Å². The second-order valence-corrected chi connectivity index (χ2v) is 8.26. The number of nitrogens with zero attached hydrogens (tertiary/aromatic N) is 1. The number of sulfone groups is 1. The molecule has 4 aromatic rings. The lowest BCUT2D eigenvalue weighted by Gasteiger charge is -2.10. The number of fused-ring (bicyclic) bond motifs is 3. The van der Waals surface area contributed by atoms with Gasteiger partial charge in [0.1, 0.15) is 0 Å². The van der Waals surface area contributed by atoms with Gasteiger partial charge in [-0.1, -0.05) is 54.1 Å². The van der Waals surface area contributed by atoms with Crippen LogP contribution in [-0.4, -0.2) is 13.4 Å². The van der Waals surface area contributed by atoms with Gasteiger partial charge in [-0.2, -0.15) is 0 Å². The minimum Gasteiger partial charge on any atom is -0.251 e. The predicted molar refractivity (Wildman–Crippen MR) is 102 cm³/mol. The van der Waals surface area contributed by atoms with Crippen molar-refractivity contribution in [3.63, 3.8) is 0 Å². The number of hydrogen-bond donors (Lipinski definition) is 0. The normalized spacial score (nSPS) is 11.9. The van der Waals surface area contributed by atoms with Crippen LogP contribution < -0.4 is 0 Å². The molecule has 4 rings (SSSR count). The summed E-state index contributed by atoms with van der Waals surface area (Å²) in [6, 6.07) is 21.8. The van der Waals surface area contributed by atoms with Crippen LogP contribution in [0.1, 0.15) is 5.69 Å². The number of hydrogen-bond acceptors (Lipinski definition) is 3. The van der Waals surface area contributed by atoms with Gasteiger partial charge >= 0.3 is 0 Å². The zero-order chi connectivity index (χ0) is 17.4. The Bertz CT molecular complexity index is 1190. The van der Waals surface area contributed by atoms with E-state index in [1.165, 1.54) is 12.1 Å². The molecule has 0 amide bonds. The maximum Gasteiger partial charge on any atom is 0.184 e. The molecule has 124 valence electrons. The smallest absolute Gasteiger partial charge is 0.184 e. The fourth-order valence-corrected chi connectivity index (χ4v) is 4.41. The molecule has 0 aliphatic heterocycles. The Morgan fingerprint density at radius 2 is 1.36 bits per heavy atom. The Morgan fingerprint density at radius 3 is 2.08 bits per heavy atom. The number of benzene rings is 3. The number of rotatable bonds is 3. The van der Waals surface area contributed by atoms with Crippen LogP contribution in [0.25, 0.3) is 21.7 Å². The van der Waals surface area contributed by atoms with Gasteiger partial charge < -0.3 is 0 Å². The third-order valence-electron chi connectivity index (χ3n) is 4.19.